The lowest BCUT2D eigenvalue weighted by atomic mass is 10.0. The third-order valence-corrected chi connectivity index (χ3v) is 3.41. The van der Waals surface area contributed by atoms with Gasteiger partial charge in [-0.1, -0.05) is 19.9 Å². The van der Waals surface area contributed by atoms with Crippen molar-refractivity contribution in [3.63, 3.8) is 0 Å². The standard InChI is InChI=1S/C11H17NO2S/c1-8(2)10-4-9(7-12)5-11(6-10)15(3,13)14/h4-6,8H,7,12H2,1-3H3. The molecule has 15 heavy (non-hydrogen) atoms. The zero-order valence-electron chi connectivity index (χ0n) is 9.32. The summed E-state index contributed by atoms with van der Waals surface area (Å²) >= 11 is 0. The summed E-state index contributed by atoms with van der Waals surface area (Å²) in [4.78, 5) is 0.356. The summed E-state index contributed by atoms with van der Waals surface area (Å²) in [7, 11) is -3.15. The first kappa shape index (κ1) is 12.2. The minimum Gasteiger partial charge on any atom is -0.326 e. The fraction of sp³-hybridized carbons (Fsp3) is 0.455. The van der Waals surface area contributed by atoms with Crippen molar-refractivity contribution in [3.05, 3.63) is 29.3 Å². The van der Waals surface area contributed by atoms with Gasteiger partial charge in [0.05, 0.1) is 4.90 Å². The first-order valence-electron chi connectivity index (χ1n) is 4.88. The average Bonchev–Trinajstić information content (AvgIpc) is 2.15. The van der Waals surface area contributed by atoms with Gasteiger partial charge in [0, 0.05) is 12.8 Å². The molecular formula is C11H17NO2S. The molecule has 0 amide bonds. The van der Waals surface area contributed by atoms with E-state index in [0.29, 0.717) is 17.4 Å². The number of hydrogen-bond donors (Lipinski definition) is 1. The highest BCUT2D eigenvalue weighted by Gasteiger charge is 2.11. The lowest BCUT2D eigenvalue weighted by Crippen LogP contribution is -2.04. The third kappa shape index (κ3) is 3.04. The van der Waals surface area contributed by atoms with Crippen LogP contribution in [0.15, 0.2) is 23.1 Å². The normalized spacial score (nSPS) is 12.1. The van der Waals surface area contributed by atoms with Gasteiger partial charge in [-0.05, 0) is 29.2 Å². The van der Waals surface area contributed by atoms with Crippen LogP contribution in [0.3, 0.4) is 0 Å². The van der Waals surface area contributed by atoms with Gasteiger partial charge in [-0.2, -0.15) is 0 Å². The van der Waals surface area contributed by atoms with Crippen LogP contribution in [0.5, 0.6) is 0 Å². The molecule has 0 bridgehead atoms. The van der Waals surface area contributed by atoms with Gasteiger partial charge in [-0.25, -0.2) is 8.42 Å². The fourth-order valence-electron chi connectivity index (χ4n) is 1.35. The van der Waals surface area contributed by atoms with Crippen LogP contribution in [0.1, 0.15) is 30.9 Å². The highest BCUT2D eigenvalue weighted by molar-refractivity contribution is 7.90. The highest BCUT2D eigenvalue weighted by atomic mass is 32.2. The largest absolute Gasteiger partial charge is 0.326 e. The molecule has 0 atom stereocenters. The lowest BCUT2D eigenvalue weighted by Gasteiger charge is -2.10. The van der Waals surface area contributed by atoms with E-state index in [1.54, 1.807) is 12.1 Å². The minimum absolute atomic E-state index is 0.303. The first-order chi connectivity index (χ1) is 6.84. The van der Waals surface area contributed by atoms with Gasteiger partial charge in [0.15, 0.2) is 9.84 Å². The number of benzene rings is 1. The van der Waals surface area contributed by atoms with E-state index < -0.39 is 9.84 Å². The van der Waals surface area contributed by atoms with E-state index in [1.807, 2.05) is 19.9 Å². The molecule has 1 rings (SSSR count). The number of rotatable bonds is 3. The molecule has 0 heterocycles. The molecule has 0 aliphatic heterocycles. The molecular weight excluding hydrogens is 210 g/mol. The Kier molecular flexibility index (Phi) is 3.52. The molecule has 0 unspecified atom stereocenters. The average molecular weight is 227 g/mol. The summed E-state index contributed by atoms with van der Waals surface area (Å²) < 4.78 is 22.9. The van der Waals surface area contributed by atoms with Crippen LogP contribution in [0.2, 0.25) is 0 Å². The van der Waals surface area contributed by atoms with E-state index >= 15 is 0 Å². The van der Waals surface area contributed by atoms with Crippen molar-refractivity contribution in [1.29, 1.82) is 0 Å². The molecule has 0 aromatic heterocycles. The zero-order valence-corrected chi connectivity index (χ0v) is 10.1. The number of sulfone groups is 1. The van der Waals surface area contributed by atoms with Gasteiger partial charge >= 0.3 is 0 Å². The summed E-state index contributed by atoms with van der Waals surface area (Å²) in [6, 6.07) is 5.32. The Morgan fingerprint density at radius 1 is 1.27 bits per heavy atom. The van der Waals surface area contributed by atoms with E-state index in [4.69, 9.17) is 5.73 Å². The Hall–Kier alpha value is -0.870. The second kappa shape index (κ2) is 4.33. The predicted molar refractivity (Wildman–Crippen MR) is 61.5 cm³/mol. The maximum atomic E-state index is 11.4. The van der Waals surface area contributed by atoms with E-state index in [2.05, 4.69) is 0 Å². The summed E-state index contributed by atoms with van der Waals surface area (Å²) in [6.07, 6.45) is 1.22. The van der Waals surface area contributed by atoms with Crippen LogP contribution in [-0.4, -0.2) is 14.7 Å². The smallest absolute Gasteiger partial charge is 0.175 e. The Balaban J connectivity index is 3.36. The van der Waals surface area contributed by atoms with Gasteiger partial charge in [-0.15, -0.1) is 0 Å². The molecule has 2 N–H and O–H groups in total. The van der Waals surface area contributed by atoms with E-state index in [1.165, 1.54) is 6.26 Å². The van der Waals surface area contributed by atoms with E-state index in [0.717, 1.165) is 11.1 Å². The quantitative estimate of drug-likeness (QED) is 0.854. The van der Waals surface area contributed by atoms with Gasteiger partial charge in [0.2, 0.25) is 0 Å². The van der Waals surface area contributed by atoms with Crippen LogP contribution >= 0.6 is 0 Å². The zero-order chi connectivity index (χ0) is 11.6. The molecule has 0 aliphatic rings. The van der Waals surface area contributed by atoms with Gasteiger partial charge in [-0.3, -0.25) is 0 Å². The molecule has 3 nitrogen and oxygen atoms in total. The molecule has 0 spiro atoms. The lowest BCUT2D eigenvalue weighted by molar-refractivity contribution is 0.601. The molecule has 1 aromatic rings. The number of hydrogen-bond acceptors (Lipinski definition) is 3. The van der Waals surface area contributed by atoms with Crippen molar-refractivity contribution in [2.45, 2.75) is 31.2 Å². The molecule has 0 saturated heterocycles. The highest BCUT2D eigenvalue weighted by Crippen LogP contribution is 2.21. The summed E-state index contributed by atoms with van der Waals surface area (Å²) in [5.74, 6) is 0.303. The van der Waals surface area contributed by atoms with E-state index in [-0.39, 0.29) is 0 Å². The summed E-state index contributed by atoms with van der Waals surface area (Å²) in [5, 5.41) is 0. The van der Waals surface area contributed by atoms with Crippen LogP contribution in [0, 0.1) is 0 Å². The van der Waals surface area contributed by atoms with Crippen molar-refractivity contribution < 1.29 is 8.42 Å². The molecule has 0 fully saturated rings. The van der Waals surface area contributed by atoms with Crippen LogP contribution in [-0.2, 0) is 16.4 Å². The Labute approximate surface area is 91.2 Å². The Morgan fingerprint density at radius 2 is 1.87 bits per heavy atom. The minimum atomic E-state index is -3.15. The van der Waals surface area contributed by atoms with Crippen LogP contribution < -0.4 is 5.73 Å². The SMILES string of the molecule is CC(C)c1cc(CN)cc(S(C)(=O)=O)c1. The maximum absolute atomic E-state index is 11.4. The maximum Gasteiger partial charge on any atom is 0.175 e. The van der Waals surface area contributed by atoms with Crippen LogP contribution in [0.4, 0.5) is 0 Å². The van der Waals surface area contributed by atoms with Crippen molar-refractivity contribution in [1.82, 2.24) is 0 Å². The third-order valence-electron chi connectivity index (χ3n) is 2.32. The second-order valence-electron chi connectivity index (χ2n) is 4.04. The molecule has 84 valence electrons. The van der Waals surface area contributed by atoms with Gasteiger partial charge < -0.3 is 5.73 Å². The van der Waals surface area contributed by atoms with Crippen molar-refractivity contribution in [3.8, 4) is 0 Å². The predicted octanol–water partition coefficient (Wildman–Crippen LogP) is 1.67. The van der Waals surface area contributed by atoms with Crippen molar-refractivity contribution in [2.24, 2.45) is 5.73 Å². The summed E-state index contributed by atoms with van der Waals surface area (Å²) in [6.45, 7) is 4.42. The monoisotopic (exact) mass is 227 g/mol. The molecule has 4 heteroatoms. The first-order valence-corrected chi connectivity index (χ1v) is 6.77. The molecule has 0 saturated carbocycles. The van der Waals surface area contributed by atoms with Crippen molar-refractivity contribution in [2.75, 3.05) is 6.26 Å². The van der Waals surface area contributed by atoms with Gasteiger partial charge in [0.25, 0.3) is 0 Å². The topological polar surface area (TPSA) is 60.2 Å². The van der Waals surface area contributed by atoms with E-state index in [9.17, 15) is 8.42 Å². The second-order valence-corrected chi connectivity index (χ2v) is 6.06. The van der Waals surface area contributed by atoms with Gasteiger partial charge in [0.1, 0.15) is 0 Å². The Morgan fingerprint density at radius 3 is 2.27 bits per heavy atom. The molecule has 1 aromatic carbocycles. The fourth-order valence-corrected chi connectivity index (χ4v) is 2.07. The molecule has 0 aliphatic carbocycles. The van der Waals surface area contributed by atoms with Crippen LogP contribution in [0.25, 0.3) is 0 Å². The molecule has 0 radical (unpaired) electrons. The summed E-state index contributed by atoms with van der Waals surface area (Å²) in [5.41, 5.74) is 7.41. The van der Waals surface area contributed by atoms with Crippen molar-refractivity contribution >= 4 is 9.84 Å². The number of nitrogens with two attached hydrogens (primary N) is 1. The Bertz CT molecular complexity index is 450.